The quantitative estimate of drug-likeness (QED) is 0.641. The van der Waals surface area contributed by atoms with Crippen LogP contribution in [0, 0.1) is 0 Å². The average molecular weight is 440 g/mol. The van der Waals surface area contributed by atoms with Crippen LogP contribution in [0.3, 0.4) is 0 Å². The van der Waals surface area contributed by atoms with Gasteiger partial charge in [0, 0.05) is 30.7 Å². The molecule has 2 aromatic rings. The first-order valence-corrected chi connectivity index (χ1v) is 9.23. The fourth-order valence-corrected chi connectivity index (χ4v) is 2.85. The van der Waals surface area contributed by atoms with Crippen molar-refractivity contribution in [2.45, 2.75) is 12.8 Å². The van der Waals surface area contributed by atoms with E-state index in [-0.39, 0.29) is 11.8 Å². The number of halogens is 2. The van der Waals surface area contributed by atoms with Crippen LogP contribution in [0.4, 0.5) is 5.69 Å². The van der Waals surface area contributed by atoms with E-state index in [2.05, 4.69) is 21.2 Å². The molecule has 0 aliphatic carbocycles. The molecule has 5 nitrogen and oxygen atoms in total. The van der Waals surface area contributed by atoms with Crippen molar-refractivity contribution in [2.75, 3.05) is 26.0 Å². The summed E-state index contributed by atoms with van der Waals surface area (Å²) in [6.07, 6.45) is 0.910. The smallest absolute Gasteiger partial charge is 0.254 e. The Morgan fingerprint density at radius 1 is 1.19 bits per heavy atom. The Kier molecular flexibility index (Phi) is 7.48. The zero-order valence-electron chi connectivity index (χ0n) is 14.6. The highest BCUT2D eigenvalue weighted by Gasteiger charge is 2.13. The van der Waals surface area contributed by atoms with Crippen LogP contribution in [-0.2, 0) is 4.79 Å². The molecule has 26 heavy (non-hydrogen) atoms. The molecule has 0 heterocycles. The van der Waals surface area contributed by atoms with Crippen molar-refractivity contribution in [3.63, 3.8) is 0 Å². The van der Waals surface area contributed by atoms with E-state index in [9.17, 15) is 9.59 Å². The summed E-state index contributed by atoms with van der Waals surface area (Å²) in [6.45, 7) is 0.445. The summed E-state index contributed by atoms with van der Waals surface area (Å²) in [5, 5.41) is 3.08. The van der Waals surface area contributed by atoms with Crippen LogP contribution in [0.5, 0.6) is 5.75 Å². The summed E-state index contributed by atoms with van der Waals surface area (Å²) in [7, 11) is 3.31. The molecule has 7 heteroatoms. The summed E-state index contributed by atoms with van der Waals surface area (Å²) in [4.78, 5) is 25.4. The Balaban J connectivity index is 1.80. The molecule has 0 spiro atoms. The molecule has 2 amide bonds. The van der Waals surface area contributed by atoms with Gasteiger partial charge in [-0.05, 0) is 42.8 Å². The number of amides is 2. The number of ether oxygens (including phenoxy) is 1. The Bertz CT molecular complexity index is 796. The maximum absolute atomic E-state index is 12.0. The number of benzene rings is 2. The lowest BCUT2D eigenvalue weighted by Crippen LogP contribution is -2.22. The molecule has 0 saturated carbocycles. The van der Waals surface area contributed by atoms with Crippen LogP contribution >= 0.6 is 27.5 Å². The van der Waals surface area contributed by atoms with Gasteiger partial charge in [-0.1, -0.05) is 33.6 Å². The molecule has 0 bridgehead atoms. The lowest BCUT2D eigenvalue weighted by molar-refractivity contribution is -0.116. The third-order valence-electron chi connectivity index (χ3n) is 3.50. The van der Waals surface area contributed by atoms with Gasteiger partial charge in [-0.3, -0.25) is 9.59 Å². The minimum absolute atomic E-state index is 0.134. The Labute approximate surface area is 166 Å². The zero-order chi connectivity index (χ0) is 19.1. The molecule has 0 atom stereocenters. The van der Waals surface area contributed by atoms with Crippen molar-refractivity contribution in [1.82, 2.24) is 4.90 Å². The van der Waals surface area contributed by atoms with Crippen molar-refractivity contribution in [3.05, 3.63) is 57.5 Å². The van der Waals surface area contributed by atoms with Crippen molar-refractivity contribution in [2.24, 2.45) is 0 Å². The standard InChI is InChI=1S/C19H20BrClN2O3/c1-23(2)19(25)16-9-8-14(12-17(16)21)22-18(24)7-4-10-26-15-6-3-5-13(20)11-15/h3,5-6,8-9,11-12H,4,7,10H2,1-2H3,(H,22,24). The molecule has 2 rings (SSSR count). The van der Waals surface area contributed by atoms with Crippen LogP contribution in [0.2, 0.25) is 5.02 Å². The molecule has 138 valence electrons. The molecule has 0 fully saturated rings. The van der Waals surface area contributed by atoms with E-state index in [1.807, 2.05) is 24.3 Å². The van der Waals surface area contributed by atoms with Crippen LogP contribution in [-0.4, -0.2) is 37.4 Å². The Morgan fingerprint density at radius 3 is 2.62 bits per heavy atom. The van der Waals surface area contributed by atoms with Crippen LogP contribution < -0.4 is 10.1 Å². The molecule has 2 aromatic carbocycles. The van der Waals surface area contributed by atoms with Gasteiger partial charge in [-0.15, -0.1) is 0 Å². The highest BCUT2D eigenvalue weighted by Crippen LogP contribution is 2.22. The van der Waals surface area contributed by atoms with Crippen LogP contribution in [0.15, 0.2) is 46.9 Å². The van der Waals surface area contributed by atoms with Gasteiger partial charge in [-0.2, -0.15) is 0 Å². The zero-order valence-corrected chi connectivity index (χ0v) is 16.9. The first-order chi connectivity index (χ1) is 12.4. The average Bonchev–Trinajstić information content (AvgIpc) is 2.58. The molecule has 0 aliphatic rings. The first kappa shape index (κ1) is 20.3. The van der Waals surface area contributed by atoms with Crippen LogP contribution in [0.25, 0.3) is 0 Å². The molecule has 0 radical (unpaired) electrons. The summed E-state index contributed by atoms with van der Waals surface area (Å²) < 4.78 is 6.54. The molecule has 0 unspecified atom stereocenters. The van der Waals surface area contributed by atoms with Gasteiger partial charge >= 0.3 is 0 Å². The van der Waals surface area contributed by atoms with Crippen molar-refractivity contribution in [3.8, 4) is 5.75 Å². The largest absolute Gasteiger partial charge is 0.494 e. The number of carbonyl (C=O) groups is 2. The third kappa shape index (κ3) is 6.04. The Morgan fingerprint density at radius 2 is 1.96 bits per heavy atom. The molecule has 1 N–H and O–H groups in total. The summed E-state index contributed by atoms with van der Waals surface area (Å²) in [5.41, 5.74) is 0.959. The van der Waals surface area contributed by atoms with Crippen molar-refractivity contribution >= 4 is 45.0 Å². The number of nitrogens with zero attached hydrogens (tertiary/aromatic N) is 1. The van der Waals surface area contributed by atoms with Crippen molar-refractivity contribution < 1.29 is 14.3 Å². The summed E-state index contributed by atoms with van der Waals surface area (Å²) in [5.74, 6) is 0.441. The lowest BCUT2D eigenvalue weighted by Gasteiger charge is -2.13. The van der Waals surface area contributed by atoms with E-state index in [0.29, 0.717) is 35.7 Å². The van der Waals surface area contributed by atoms with Gasteiger partial charge in [0.05, 0.1) is 17.2 Å². The number of anilines is 1. The number of hydrogen-bond acceptors (Lipinski definition) is 3. The molecular weight excluding hydrogens is 420 g/mol. The Hall–Kier alpha value is -2.05. The van der Waals surface area contributed by atoms with E-state index in [1.54, 1.807) is 32.3 Å². The van der Waals surface area contributed by atoms with Gasteiger partial charge in [-0.25, -0.2) is 0 Å². The van der Waals surface area contributed by atoms with Gasteiger partial charge in [0.2, 0.25) is 5.91 Å². The maximum atomic E-state index is 12.0. The number of nitrogens with one attached hydrogen (secondary N) is 1. The molecule has 0 aromatic heterocycles. The topological polar surface area (TPSA) is 58.6 Å². The third-order valence-corrected chi connectivity index (χ3v) is 4.31. The van der Waals surface area contributed by atoms with E-state index in [1.165, 1.54) is 4.90 Å². The maximum Gasteiger partial charge on any atom is 0.254 e. The summed E-state index contributed by atoms with van der Waals surface area (Å²) in [6, 6.07) is 12.4. The van der Waals surface area contributed by atoms with Gasteiger partial charge in [0.15, 0.2) is 0 Å². The minimum atomic E-state index is -0.183. The first-order valence-electron chi connectivity index (χ1n) is 8.06. The number of carbonyl (C=O) groups excluding carboxylic acids is 2. The fourth-order valence-electron chi connectivity index (χ4n) is 2.21. The second kappa shape index (κ2) is 9.59. The second-order valence-corrected chi connectivity index (χ2v) is 7.17. The molecular formula is C19H20BrClN2O3. The fraction of sp³-hybridized carbons (Fsp3) is 0.263. The highest BCUT2D eigenvalue weighted by atomic mass is 79.9. The van der Waals surface area contributed by atoms with Gasteiger partial charge in [0.25, 0.3) is 5.91 Å². The van der Waals surface area contributed by atoms with Crippen LogP contribution in [0.1, 0.15) is 23.2 Å². The second-order valence-electron chi connectivity index (χ2n) is 5.85. The monoisotopic (exact) mass is 438 g/mol. The van der Waals surface area contributed by atoms with E-state index >= 15 is 0 Å². The normalized spacial score (nSPS) is 10.3. The van der Waals surface area contributed by atoms with Crippen molar-refractivity contribution in [1.29, 1.82) is 0 Å². The number of rotatable bonds is 7. The highest BCUT2D eigenvalue weighted by molar-refractivity contribution is 9.10. The number of hydrogen-bond donors (Lipinski definition) is 1. The van der Waals surface area contributed by atoms with E-state index in [4.69, 9.17) is 16.3 Å². The predicted octanol–water partition coefficient (Wildman–Crippen LogP) is 4.60. The van der Waals surface area contributed by atoms with Gasteiger partial charge < -0.3 is 15.0 Å². The lowest BCUT2D eigenvalue weighted by atomic mass is 10.1. The molecule has 0 saturated heterocycles. The minimum Gasteiger partial charge on any atom is -0.494 e. The molecule has 0 aliphatic heterocycles. The van der Waals surface area contributed by atoms with Gasteiger partial charge in [0.1, 0.15) is 5.75 Å². The van der Waals surface area contributed by atoms with E-state index < -0.39 is 0 Å². The predicted molar refractivity (Wildman–Crippen MR) is 107 cm³/mol. The SMILES string of the molecule is CN(C)C(=O)c1ccc(NC(=O)CCCOc2cccc(Br)c2)cc1Cl. The van der Waals surface area contributed by atoms with E-state index in [0.717, 1.165) is 10.2 Å². The summed E-state index contributed by atoms with van der Waals surface area (Å²) >= 11 is 9.52.